The molecular formula is C19H26N8O. The van der Waals surface area contributed by atoms with Gasteiger partial charge in [-0.3, -0.25) is 4.79 Å². The van der Waals surface area contributed by atoms with Crippen LogP contribution in [0.3, 0.4) is 0 Å². The van der Waals surface area contributed by atoms with Gasteiger partial charge in [0.1, 0.15) is 11.5 Å². The SMILES string of the molecule is CCN1CCN(C(=O)c2cnc(N3CCN(c4ncccn4)CC3)cn2)CC1. The summed E-state index contributed by atoms with van der Waals surface area (Å²) in [5.74, 6) is 1.54. The van der Waals surface area contributed by atoms with Crippen LogP contribution in [0.5, 0.6) is 0 Å². The van der Waals surface area contributed by atoms with Crippen molar-refractivity contribution < 1.29 is 4.79 Å². The van der Waals surface area contributed by atoms with E-state index in [0.29, 0.717) is 5.69 Å². The van der Waals surface area contributed by atoms with E-state index in [2.05, 4.69) is 41.6 Å². The van der Waals surface area contributed by atoms with Crippen LogP contribution >= 0.6 is 0 Å². The largest absolute Gasteiger partial charge is 0.352 e. The molecule has 0 unspecified atom stereocenters. The van der Waals surface area contributed by atoms with Gasteiger partial charge >= 0.3 is 0 Å². The average Bonchev–Trinajstić information content (AvgIpc) is 2.79. The number of rotatable bonds is 4. The molecule has 0 N–H and O–H groups in total. The van der Waals surface area contributed by atoms with E-state index in [1.165, 1.54) is 0 Å². The Balaban J connectivity index is 1.33. The molecule has 2 saturated heterocycles. The van der Waals surface area contributed by atoms with Gasteiger partial charge in [-0.2, -0.15) is 0 Å². The van der Waals surface area contributed by atoms with Crippen molar-refractivity contribution >= 4 is 17.7 Å². The summed E-state index contributed by atoms with van der Waals surface area (Å²) < 4.78 is 0. The van der Waals surface area contributed by atoms with Crippen LogP contribution in [0.2, 0.25) is 0 Å². The van der Waals surface area contributed by atoms with Crippen molar-refractivity contribution in [1.82, 2.24) is 29.7 Å². The second-order valence-electron chi connectivity index (χ2n) is 7.01. The van der Waals surface area contributed by atoms with E-state index in [0.717, 1.165) is 70.7 Å². The van der Waals surface area contributed by atoms with Crippen molar-refractivity contribution in [3.05, 3.63) is 36.5 Å². The molecule has 0 aliphatic carbocycles. The summed E-state index contributed by atoms with van der Waals surface area (Å²) in [6.07, 6.45) is 6.84. The number of piperazine rings is 2. The molecule has 0 bridgehead atoms. The third-order valence-corrected chi connectivity index (χ3v) is 5.40. The Morgan fingerprint density at radius 2 is 1.54 bits per heavy atom. The highest BCUT2D eigenvalue weighted by Gasteiger charge is 2.24. The number of nitrogens with zero attached hydrogens (tertiary/aromatic N) is 8. The van der Waals surface area contributed by atoms with Crippen LogP contribution in [0.25, 0.3) is 0 Å². The van der Waals surface area contributed by atoms with E-state index in [9.17, 15) is 4.79 Å². The quantitative estimate of drug-likeness (QED) is 0.750. The first kappa shape index (κ1) is 18.5. The van der Waals surface area contributed by atoms with E-state index in [-0.39, 0.29) is 5.91 Å². The van der Waals surface area contributed by atoms with Crippen LogP contribution in [0.4, 0.5) is 11.8 Å². The molecular weight excluding hydrogens is 356 g/mol. The molecule has 2 aromatic rings. The maximum atomic E-state index is 12.7. The van der Waals surface area contributed by atoms with E-state index >= 15 is 0 Å². The molecule has 2 aliphatic heterocycles. The zero-order valence-corrected chi connectivity index (χ0v) is 16.2. The van der Waals surface area contributed by atoms with Crippen LogP contribution in [-0.2, 0) is 0 Å². The molecule has 0 spiro atoms. The Morgan fingerprint density at radius 3 is 2.14 bits per heavy atom. The highest BCUT2D eigenvalue weighted by atomic mass is 16.2. The molecule has 1 amide bonds. The predicted octanol–water partition coefficient (Wildman–Crippen LogP) is 0.371. The smallest absolute Gasteiger partial charge is 0.274 e. The fourth-order valence-corrected chi connectivity index (χ4v) is 3.61. The summed E-state index contributed by atoms with van der Waals surface area (Å²) in [4.78, 5) is 38.7. The van der Waals surface area contributed by atoms with Crippen molar-refractivity contribution in [2.75, 3.05) is 68.7 Å². The number of anilines is 2. The third kappa shape index (κ3) is 4.04. The molecule has 9 nitrogen and oxygen atoms in total. The van der Waals surface area contributed by atoms with Gasteiger partial charge in [0.15, 0.2) is 0 Å². The number of hydrogen-bond donors (Lipinski definition) is 0. The normalized spacial score (nSPS) is 18.4. The first-order chi connectivity index (χ1) is 13.7. The summed E-state index contributed by atoms with van der Waals surface area (Å²) in [6.45, 7) is 9.81. The van der Waals surface area contributed by atoms with Crippen molar-refractivity contribution in [3.8, 4) is 0 Å². The number of aromatic nitrogens is 4. The summed E-state index contributed by atoms with van der Waals surface area (Å²) >= 11 is 0. The van der Waals surface area contributed by atoms with Crippen molar-refractivity contribution in [2.45, 2.75) is 6.92 Å². The van der Waals surface area contributed by atoms with E-state index in [4.69, 9.17) is 0 Å². The number of hydrogen-bond acceptors (Lipinski definition) is 8. The van der Waals surface area contributed by atoms with Gasteiger partial charge in [-0.1, -0.05) is 6.92 Å². The topological polar surface area (TPSA) is 81.6 Å². The van der Waals surface area contributed by atoms with Gasteiger partial charge in [0.25, 0.3) is 5.91 Å². The zero-order valence-electron chi connectivity index (χ0n) is 16.2. The lowest BCUT2D eigenvalue weighted by Gasteiger charge is -2.35. The van der Waals surface area contributed by atoms with Crippen molar-refractivity contribution in [3.63, 3.8) is 0 Å². The lowest BCUT2D eigenvalue weighted by Crippen LogP contribution is -2.48. The Bertz CT molecular complexity index is 768. The van der Waals surface area contributed by atoms with Gasteiger partial charge in [-0.25, -0.2) is 19.9 Å². The Kier molecular flexibility index (Phi) is 5.61. The lowest BCUT2D eigenvalue weighted by molar-refractivity contribution is 0.0637. The maximum absolute atomic E-state index is 12.7. The Hall–Kier alpha value is -2.81. The van der Waals surface area contributed by atoms with Gasteiger partial charge in [-0.15, -0.1) is 0 Å². The second kappa shape index (κ2) is 8.47. The van der Waals surface area contributed by atoms with E-state index in [1.807, 2.05) is 11.0 Å². The fourth-order valence-electron chi connectivity index (χ4n) is 3.61. The fraction of sp³-hybridized carbons (Fsp3) is 0.526. The Labute approximate surface area is 165 Å². The molecule has 4 rings (SSSR count). The Morgan fingerprint density at radius 1 is 0.857 bits per heavy atom. The second-order valence-corrected chi connectivity index (χ2v) is 7.01. The third-order valence-electron chi connectivity index (χ3n) is 5.40. The molecule has 0 radical (unpaired) electrons. The number of amides is 1. The highest BCUT2D eigenvalue weighted by Crippen LogP contribution is 2.16. The number of carbonyl (C=O) groups excluding carboxylic acids is 1. The average molecular weight is 382 g/mol. The molecule has 2 aliphatic rings. The standard InChI is InChI=1S/C19H26N8O/c1-2-24-6-8-26(9-7-24)18(28)16-14-23-17(15-22-16)25-10-12-27(13-11-25)19-20-4-3-5-21-19/h3-5,14-15H,2,6-13H2,1H3. The van der Waals surface area contributed by atoms with Crippen LogP contribution in [0, 0.1) is 0 Å². The zero-order chi connectivity index (χ0) is 19.3. The van der Waals surface area contributed by atoms with Gasteiger partial charge in [0.05, 0.1) is 12.4 Å². The first-order valence-electron chi connectivity index (χ1n) is 9.85. The van der Waals surface area contributed by atoms with Crippen molar-refractivity contribution in [2.24, 2.45) is 0 Å². The maximum Gasteiger partial charge on any atom is 0.274 e. The highest BCUT2D eigenvalue weighted by molar-refractivity contribution is 5.92. The number of carbonyl (C=O) groups is 1. The molecule has 2 fully saturated rings. The summed E-state index contributed by atoms with van der Waals surface area (Å²) in [6, 6.07) is 1.82. The van der Waals surface area contributed by atoms with Crippen LogP contribution < -0.4 is 9.80 Å². The number of likely N-dealkylation sites (N-methyl/N-ethyl adjacent to an activating group) is 1. The summed E-state index contributed by atoms with van der Waals surface area (Å²) in [5.41, 5.74) is 0.421. The minimum Gasteiger partial charge on any atom is -0.352 e. The summed E-state index contributed by atoms with van der Waals surface area (Å²) in [5, 5.41) is 0. The molecule has 0 aromatic carbocycles. The lowest BCUT2D eigenvalue weighted by atomic mass is 10.3. The van der Waals surface area contributed by atoms with Gasteiger partial charge < -0.3 is 19.6 Å². The molecule has 0 atom stereocenters. The van der Waals surface area contributed by atoms with Gasteiger partial charge in [0, 0.05) is 64.8 Å². The molecule has 9 heteroatoms. The molecule has 148 valence electrons. The van der Waals surface area contributed by atoms with Gasteiger partial charge in [-0.05, 0) is 12.6 Å². The van der Waals surface area contributed by atoms with Crippen LogP contribution in [-0.4, -0.2) is 94.5 Å². The predicted molar refractivity (Wildman–Crippen MR) is 107 cm³/mol. The molecule has 2 aromatic heterocycles. The monoisotopic (exact) mass is 382 g/mol. The molecule has 28 heavy (non-hydrogen) atoms. The van der Waals surface area contributed by atoms with Crippen LogP contribution in [0.1, 0.15) is 17.4 Å². The first-order valence-corrected chi connectivity index (χ1v) is 9.85. The van der Waals surface area contributed by atoms with Gasteiger partial charge in [0.2, 0.25) is 5.95 Å². The minimum atomic E-state index is -0.0270. The van der Waals surface area contributed by atoms with Crippen LogP contribution in [0.15, 0.2) is 30.9 Å². The van der Waals surface area contributed by atoms with E-state index < -0.39 is 0 Å². The van der Waals surface area contributed by atoms with Crippen molar-refractivity contribution in [1.29, 1.82) is 0 Å². The summed E-state index contributed by atoms with van der Waals surface area (Å²) in [7, 11) is 0. The molecule has 4 heterocycles. The molecule has 0 saturated carbocycles. The minimum absolute atomic E-state index is 0.0270. The van der Waals surface area contributed by atoms with E-state index in [1.54, 1.807) is 24.8 Å².